The number of nitrogens with two attached hydrogens (primary N) is 1. The molecule has 1 fully saturated rings. The molecule has 3 N–H and O–H groups in total. The fourth-order valence-corrected chi connectivity index (χ4v) is 4.81. The number of hydrogen-bond acceptors (Lipinski definition) is 7. The first-order valence-corrected chi connectivity index (χ1v) is 10.9. The Bertz CT molecular complexity index is 1300. The summed E-state index contributed by atoms with van der Waals surface area (Å²) in [6.07, 6.45) is 0.872. The van der Waals surface area contributed by atoms with Crippen LogP contribution in [0.15, 0.2) is 46.4 Å². The van der Waals surface area contributed by atoms with Gasteiger partial charge in [-0.2, -0.15) is 9.57 Å². The van der Waals surface area contributed by atoms with Crippen LogP contribution in [0.1, 0.15) is 24.0 Å². The Balaban J connectivity index is 1.37. The lowest BCUT2D eigenvalue weighted by Crippen LogP contribution is -2.38. The maximum absolute atomic E-state index is 13.4. The van der Waals surface area contributed by atoms with Crippen LogP contribution in [0.5, 0.6) is 0 Å². The Morgan fingerprint density at radius 2 is 2.03 bits per heavy atom. The average Bonchev–Trinajstić information content (AvgIpc) is 3.14. The van der Waals surface area contributed by atoms with E-state index < -0.39 is 15.8 Å². The highest BCUT2D eigenvalue weighted by atomic mass is 32.2. The molecular weight excluding hydrogens is 423 g/mol. The number of nitrogens with one attached hydrogen (secondary N) is 1. The number of aromatic amines is 1. The van der Waals surface area contributed by atoms with Crippen molar-refractivity contribution in [3.63, 3.8) is 0 Å². The van der Waals surface area contributed by atoms with Crippen LogP contribution in [0.2, 0.25) is 0 Å². The van der Waals surface area contributed by atoms with Crippen LogP contribution in [0.3, 0.4) is 0 Å². The normalized spacial score (nSPS) is 15.0. The number of aromatic nitrogens is 2. The van der Waals surface area contributed by atoms with E-state index >= 15 is 0 Å². The van der Waals surface area contributed by atoms with Crippen LogP contribution in [-0.2, 0) is 21.5 Å². The SMILES string of the molecule is N#Cc1cc(CON=C2CCN(S(=O)(=O)c3ccc4nc(N)[nH]c4c3)CC2)ccc1F. The van der Waals surface area contributed by atoms with Gasteiger partial charge in [-0.25, -0.2) is 17.8 Å². The van der Waals surface area contributed by atoms with E-state index in [0.717, 1.165) is 5.71 Å². The fraction of sp³-hybridized carbons (Fsp3) is 0.250. The van der Waals surface area contributed by atoms with Gasteiger partial charge in [-0.05, 0) is 35.9 Å². The third-order valence-corrected chi connectivity index (χ3v) is 6.88. The van der Waals surface area contributed by atoms with Crippen LogP contribution < -0.4 is 5.73 Å². The standard InChI is InChI=1S/C20H19FN6O3S/c21-17-3-1-13(9-14(17)11-22)12-30-26-15-5-7-27(8-6-15)31(28,29)16-2-4-18-19(10-16)25-20(23)24-18/h1-4,9-10H,5-8,12H2,(H3,23,24,25). The predicted molar refractivity (Wildman–Crippen MR) is 112 cm³/mol. The number of nitrogen functional groups attached to an aromatic ring is 1. The van der Waals surface area contributed by atoms with Crippen molar-refractivity contribution in [2.75, 3.05) is 18.8 Å². The Morgan fingerprint density at radius 1 is 1.26 bits per heavy atom. The molecular formula is C20H19FN6O3S. The molecule has 0 saturated carbocycles. The van der Waals surface area contributed by atoms with Crippen LogP contribution >= 0.6 is 0 Å². The van der Waals surface area contributed by atoms with Crippen molar-refractivity contribution in [2.24, 2.45) is 5.16 Å². The highest BCUT2D eigenvalue weighted by molar-refractivity contribution is 7.89. The lowest BCUT2D eigenvalue weighted by molar-refractivity contribution is 0.128. The van der Waals surface area contributed by atoms with Crippen LogP contribution in [0.25, 0.3) is 11.0 Å². The molecule has 1 aliphatic heterocycles. The molecule has 0 bridgehead atoms. The molecule has 0 spiro atoms. The van der Waals surface area contributed by atoms with Gasteiger partial charge in [0.1, 0.15) is 18.5 Å². The minimum absolute atomic E-state index is 0.0525. The molecule has 0 radical (unpaired) electrons. The third kappa shape index (κ3) is 4.35. The van der Waals surface area contributed by atoms with Crippen LogP contribution in [0, 0.1) is 17.1 Å². The number of H-pyrrole nitrogens is 1. The number of nitriles is 1. The number of oxime groups is 1. The maximum atomic E-state index is 13.4. The number of sulfonamides is 1. The highest BCUT2D eigenvalue weighted by Crippen LogP contribution is 2.23. The first-order valence-electron chi connectivity index (χ1n) is 9.48. The Kier molecular flexibility index (Phi) is 5.58. The van der Waals surface area contributed by atoms with E-state index in [2.05, 4.69) is 15.1 Å². The second-order valence-electron chi connectivity index (χ2n) is 7.06. The molecule has 9 nitrogen and oxygen atoms in total. The van der Waals surface area contributed by atoms with Gasteiger partial charge in [0, 0.05) is 25.9 Å². The summed E-state index contributed by atoms with van der Waals surface area (Å²) >= 11 is 0. The zero-order chi connectivity index (χ0) is 22.0. The summed E-state index contributed by atoms with van der Waals surface area (Å²) in [6, 6.07) is 10.6. The lowest BCUT2D eigenvalue weighted by Gasteiger charge is -2.26. The van der Waals surface area contributed by atoms with E-state index in [0.29, 0.717) is 29.4 Å². The molecule has 0 atom stereocenters. The van der Waals surface area contributed by atoms with Gasteiger partial charge in [0.25, 0.3) is 0 Å². The first-order chi connectivity index (χ1) is 14.9. The molecule has 0 unspecified atom stereocenters. The van der Waals surface area contributed by atoms with Gasteiger partial charge >= 0.3 is 0 Å². The van der Waals surface area contributed by atoms with Gasteiger partial charge in [-0.15, -0.1) is 0 Å². The van der Waals surface area contributed by atoms with Gasteiger partial charge in [-0.1, -0.05) is 11.2 Å². The number of anilines is 1. The molecule has 1 aliphatic rings. The number of piperidine rings is 1. The minimum atomic E-state index is -3.66. The van der Waals surface area contributed by atoms with Crippen LogP contribution in [-0.4, -0.2) is 41.5 Å². The first kappa shape index (κ1) is 20.8. The van der Waals surface area contributed by atoms with Crippen molar-refractivity contribution in [1.82, 2.24) is 14.3 Å². The molecule has 11 heteroatoms. The van der Waals surface area contributed by atoms with E-state index in [1.54, 1.807) is 12.1 Å². The van der Waals surface area contributed by atoms with Gasteiger partial charge in [0.15, 0.2) is 5.95 Å². The molecule has 160 valence electrons. The number of halogens is 1. The summed E-state index contributed by atoms with van der Waals surface area (Å²) in [5.41, 5.74) is 8.10. The predicted octanol–water partition coefficient (Wildman–Crippen LogP) is 2.51. The largest absolute Gasteiger partial charge is 0.391 e. The molecule has 1 aromatic heterocycles. The molecule has 0 aliphatic carbocycles. The van der Waals surface area contributed by atoms with E-state index in [-0.39, 0.29) is 36.1 Å². The summed E-state index contributed by atoms with van der Waals surface area (Å²) in [5, 5.41) is 13.0. The van der Waals surface area contributed by atoms with E-state index in [4.69, 9.17) is 15.8 Å². The number of imidazole rings is 1. The van der Waals surface area contributed by atoms with Gasteiger partial charge in [0.2, 0.25) is 10.0 Å². The molecule has 4 rings (SSSR count). The minimum Gasteiger partial charge on any atom is -0.391 e. The van der Waals surface area contributed by atoms with Gasteiger partial charge < -0.3 is 15.6 Å². The summed E-state index contributed by atoms with van der Waals surface area (Å²) in [4.78, 5) is 12.4. The summed E-state index contributed by atoms with van der Waals surface area (Å²) in [6.45, 7) is 0.652. The Hall–Kier alpha value is -3.49. The van der Waals surface area contributed by atoms with E-state index in [1.807, 2.05) is 0 Å². The van der Waals surface area contributed by atoms with Crippen molar-refractivity contribution >= 4 is 32.7 Å². The summed E-state index contributed by atoms with van der Waals surface area (Å²) in [7, 11) is -3.66. The van der Waals surface area contributed by atoms with Crippen molar-refractivity contribution in [3.05, 3.63) is 53.3 Å². The summed E-state index contributed by atoms with van der Waals surface area (Å²) in [5.74, 6) is -0.353. The Morgan fingerprint density at radius 3 is 2.77 bits per heavy atom. The van der Waals surface area contributed by atoms with Crippen molar-refractivity contribution < 1.29 is 17.6 Å². The number of nitrogens with zero attached hydrogens (tertiary/aromatic N) is 4. The number of rotatable bonds is 5. The van der Waals surface area contributed by atoms with Crippen molar-refractivity contribution in [3.8, 4) is 6.07 Å². The molecule has 2 heterocycles. The lowest BCUT2D eigenvalue weighted by atomic mass is 10.1. The Labute approximate surface area is 178 Å². The molecule has 0 amide bonds. The monoisotopic (exact) mass is 442 g/mol. The summed E-state index contributed by atoms with van der Waals surface area (Å²) < 4.78 is 40.7. The third-order valence-electron chi connectivity index (χ3n) is 4.99. The van der Waals surface area contributed by atoms with Crippen LogP contribution in [0.4, 0.5) is 10.3 Å². The zero-order valence-corrected chi connectivity index (χ0v) is 17.2. The number of benzene rings is 2. The number of hydrogen-bond donors (Lipinski definition) is 2. The topological polar surface area (TPSA) is 137 Å². The maximum Gasteiger partial charge on any atom is 0.243 e. The van der Waals surface area contributed by atoms with Gasteiger partial charge in [-0.3, -0.25) is 0 Å². The fourth-order valence-electron chi connectivity index (χ4n) is 3.34. The van der Waals surface area contributed by atoms with E-state index in [9.17, 15) is 12.8 Å². The average molecular weight is 442 g/mol. The van der Waals surface area contributed by atoms with Crippen molar-refractivity contribution in [1.29, 1.82) is 5.26 Å². The van der Waals surface area contributed by atoms with Crippen molar-refractivity contribution in [2.45, 2.75) is 24.3 Å². The second kappa shape index (κ2) is 8.33. The number of fused-ring (bicyclic) bond motifs is 1. The second-order valence-corrected chi connectivity index (χ2v) is 9.00. The highest BCUT2D eigenvalue weighted by Gasteiger charge is 2.28. The van der Waals surface area contributed by atoms with Gasteiger partial charge in [0.05, 0.1) is 27.2 Å². The smallest absolute Gasteiger partial charge is 0.243 e. The van der Waals surface area contributed by atoms with E-state index in [1.165, 1.54) is 34.6 Å². The molecule has 31 heavy (non-hydrogen) atoms. The molecule has 1 saturated heterocycles. The zero-order valence-electron chi connectivity index (χ0n) is 16.4. The molecule has 3 aromatic rings. The molecule has 2 aromatic carbocycles. The quantitative estimate of drug-likeness (QED) is 0.583.